The monoisotopic (exact) mass is 148 g/mol. The summed E-state index contributed by atoms with van der Waals surface area (Å²) in [5, 5.41) is 3.74. The second-order valence-corrected chi connectivity index (χ2v) is 2.26. The van der Waals surface area contributed by atoms with E-state index in [9.17, 15) is 0 Å². The third-order valence-electron chi connectivity index (χ3n) is 0.413. The minimum atomic E-state index is 0.425. The molecule has 1 aliphatic heterocycles. The van der Waals surface area contributed by atoms with E-state index in [1.807, 2.05) is 6.08 Å². The number of nitrogens with one attached hydrogen (secondary N) is 1. The molecular weight excluding hydrogens is 143 g/mol. The molecule has 32 valence electrons. The predicted octanol–water partition coefficient (Wildman–Crippen LogP) is -0.292. The van der Waals surface area contributed by atoms with Crippen LogP contribution in [-0.4, -0.2) is 21.4 Å². The molecule has 0 saturated carbocycles. The van der Waals surface area contributed by atoms with Gasteiger partial charge in [-0.15, -0.1) is 0 Å². The van der Waals surface area contributed by atoms with Crippen molar-refractivity contribution in [3.63, 3.8) is 0 Å². The van der Waals surface area contributed by atoms with Gasteiger partial charge in [0.1, 0.15) is 0 Å². The minimum absolute atomic E-state index is 0.425. The summed E-state index contributed by atoms with van der Waals surface area (Å²) < 4.78 is 2.83. The number of rotatable bonds is 0. The van der Waals surface area contributed by atoms with Gasteiger partial charge in [0, 0.05) is 0 Å². The van der Waals surface area contributed by atoms with E-state index in [1.54, 1.807) is 6.21 Å². The van der Waals surface area contributed by atoms with Crippen LogP contribution >= 0.6 is 0 Å². The zero-order chi connectivity index (χ0) is 4.24. The Balaban J connectivity index is 2.46. The van der Waals surface area contributed by atoms with Crippen LogP contribution in [0.4, 0.5) is 0 Å². The molecule has 2 nitrogen and oxygen atoms in total. The van der Waals surface area contributed by atoms with Crippen LogP contribution in [0, 0.1) is 0 Å². The second-order valence-electron chi connectivity index (χ2n) is 0.816. The SMILES string of the molecule is C1=C[Se]NN=C1. The van der Waals surface area contributed by atoms with Gasteiger partial charge in [-0.1, -0.05) is 0 Å². The zero-order valence-corrected chi connectivity index (χ0v) is 4.80. The first-order valence-electron chi connectivity index (χ1n) is 1.59. The molecule has 0 aromatic carbocycles. The van der Waals surface area contributed by atoms with Crippen molar-refractivity contribution in [1.29, 1.82) is 0 Å². The standard InChI is InChI=1S/C3H4N2Se/c1-2-4-5-6-3-1/h1-3,5H. The third kappa shape index (κ3) is 0.846. The Morgan fingerprint density at radius 3 is 2.83 bits per heavy atom. The molecule has 0 fully saturated rings. The molecular formula is C3H4N2Se. The van der Waals surface area contributed by atoms with E-state index in [1.165, 1.54) is 0 Å². The van der Waals surface area contributed by atoms with E-state index in [0.29, 0.717) is 15.2 Å². The number of hydrogen-bond donors (Lipinski definition) is 1. The number of hydrazone groups is 1. The Morgan fingerprint density at radius 1 is 1.67 bits per heavy atom. The summed E-state index contributed by atoms with van der Waals surface area (Å²) in [5.41, 5.74) is 0. The molecule has 0 atom stereocenters. The van der Waals surface area contributed by atoms with Gasteiger partial charge in [-0.25, -0.2) is 0 Å². The van der Waals surface area contributed by atoms with Gasteiger partial charge in [0.15, 0.2) is 0 Å². The molecule has 3 heteroatoms. The average molecular weight is 147 g/mol. The molecule has 6 heavy (non-hydrogen) atoms. The summed E-state index contributed by atoms with van der Waals surface area (Å²) in [6.07, 6.45) is 3.68. The van der Waals surface area contributed by atoms with E-state index in [0.717, 1.165) is 0 Å². The molecule has 1 rings (SSSR count). The zero-order valence-electron chi connectivity index (χ0n) is 3.09. The third-order valence-corrected chi connectivity index (χ3v) is 1.47. The van der Waals surface area contributed by atoms with Gasteiger partial charge in [0.05, 0.1) is 0 Å². The Hall–Kier alpha value is -0.271. The summed E-state index contributed by atoms with van der Waals surface area (Å²) in [5.74, 6) is 0. The molecule has 0 aromatic rings. The van der Waals surface area contributed by atoms with Gasteiger partial charge in [-0.05, 0) is 0 Å². The Labute approximate surface area is 42.7 Å². The van der Waals surface area contributed by atoms with Crippen molar-refractivity contribution in [1.82, 2.24) is 4.44 Å². The molecule has 0 radical (unpaired) electrons. The van der Waals surface area contributed by atoms with Gasteiger partial charge in [-0.2, -0.15) is 0 Å². The fraction of sp³-hybridized carbons (Fsp3) is 0. The van der Waals surface area contributed by atoms with Crippen LogP contribution in [0.25, 0.3) is 0 Å². The summed E-state index contributed by atoms with van der Waals surface area (Å²) in [6, 6.07) is 0. The van der Waals surface area contributed by atoms with E-state index in [4.69, 9.17) is 0 Å². The van der Waals surface area contributed by atoms with Gasteiger partial charge >= 0.3 is 42.0 Å². The maximum absolute atomic E-state index is 3.74. The van der Waals surface area contributed by atoms with Crippen LogP contribution in [0.15, 0.2) is 16.2 Å². The van der Waals surface area contributed by atoms with Crippen molar-refractivity contribution in [2.75, 3.05) is 0 Å². The summed E-state index contributed by atoms with van der Waals surface area (Å²) in [4.78, 5) is 2.07. The second kappa shape index (κ2) is 2.00. The van der Waals surface area contributed by atoms with Crippen molar-refractivity contribution in [3.8, 4) is 0 Å². The van der Waals surface area contributed by atoms with E-state index in [-0.39, 0.29) is 0 Å². The van der Waals surface area contributed by atoms with Crippen LogP contribution in [0.1, 0.15) is 0 Å². The van der Waals surface area contributed by atoms with E-state index >= 15 is 0 Å². The van der Waals surface area contributed by atoms with E-state index < -0.39 is 0 Å². The molecule has 1 aliphatic rings. The summed E-state index contributed by atoms with van der Waals surface area (Å²) in [6.45, 7) is 0. The van der Waals surface area contributed by atoms with Crippen molar-refractivity contribution in [2.45, 2.75) is 0 Å². The van der Waals surface area contributed by atoms with Gasteiger partial charge in [-0.3, -0.25) is 0 Å². The molecule has 0 aromatic heterocycles. The molecule has 0 amide bonds. The van der Waals surface area contributed by atoms with Crippen molar-refractivity contribution < 1.29 is 0 Å². The average Bonchev–Trinajstić information content (AvgIpc) is 1.72. The van der Waals surface area contributed by atoms with E-state index in [2.05, 4.69) is 14.5 Å². The van der Waals surface area contributed by atoms with Crippen LogP contribution in [0.5, 0.6) is 0 Å². The van der Waals surface area contributed by atoms with Gasteiger partial charge < -0.3 is 0 Å². The quantitative estimate of drug-likeness (QED) is 0.468. The topological polar surface area (TPSA) is 24.4 Å². The normalized spacial score (nSPS) is 17.3. The van der Waals surface area contributed by atoms with Crippen molar-refractivity contribution in [3.05, 3.63) is 11.1 Å². The van der Waals surface area contributed by atoms with Crippen molar-refractivity contribution in [2.24, 2.45) is 5.10 Å². The molecule has 0 saturated heterocycles. The summed E-state index contributed by atoms with van der Waals surface area (Å²) >= 11 is 0.425. The molecule has 0 bridgehead atoms. The first-order chi connectivity index (χ1) is 3.00. The molecule has 0 unspecified atom stereocenters. The number of nitrogens with zero attached hydrogens (tertiary/aromatic N) is 1. The maximum atomic E-state index is 3.74. The Morgan fingerprint density at radius 2 is 2.67 bits per heavy atom. The predicted molar refractivity (Wildman–Crippen MR) is 26.5 cm³/mol. The van der Waals surface area contributed by atoms with Gasteiger partial charge in [0.2, 0.25) is 0 Å². The first-order valence-corrected chi connectivity index (χ1v) is 3.43. The Bertz CT molecular complexity index is 74.8. The fourth-order valence-corrected chi connectivity index (χ4v) is 0.904. The van der Waals surface area contributed by atoms with Crippen LogP contribution in [-0.2, 0) is 0 Å². The van der Waals surface area contributed by atoms with Gasteiger partial charge in [0.25, 0.3) is 0 Å². The fourth-order valence-electron chi connectivity index (χ4n) is 0.209. The van der Waals surface area contributed by atoms with Crippen LogP contribution < -0.4 is 4.44 Å². The molecule has 0 spiro atoms. The molecule has 1 N–H and O–H groups in total. The molecule has 1 heterocycles. The molecule has 0 aliphatic carbocycles. The number of hydrogen-bond acceptors (Lipinski definition) is 2. The first kappa shape index (κ1) is 3.90. The Kier molecular flexibility index (Phi) is 1.30. The van der Waals surface area contributed by atoms with Crippen LogP contribution in [0.2, 0.25) is 0 Å². The summed E-state index contributed by atoms with van der Waals surface area (Å²) in [7, 11) is 0. The van der Waals surface area contributed by atoms with Crippen LogP contribution in [0.3, 0.4) is 0 Å². The van der Waals surface area contributed by atoms with Crippen molar-refractivity contribution >= 4 is 21.4 Å². The number of allylic oxidation sites excluding steroid dienone is 1.